The van der Waals surface area contributed by atoms with Gasteiger partial charge < -0.3 is 5.32 Å². The number of nitrogens with one attached hydrogen (secondary N) is 1. The first-order valence-corrected chi connectivity index (χ1v) is 5.43. The van der Waals surface area contributed by atoms with Gasteiger partial charge in [-0.2, -0.15) is 9.49 Å². The van der Waals surface area contributed by atoms with Crippen molar-refractivity contribution in [3.8, 4) is 0 Å². The summed E-state index contributed by atoms with van der Waals surface area (Å²) in [6.45, 7) is 3.99. The first kappa shape index (κ1) is 12.7. The smallest absolute Gasteiger partial charge is 0.306 e. The van der Waals surface area contributed by atoms with Gasteiger partial charge in [0.15, 0.2) is 0 Å². The zero-order valence-corrected chi connectivity index (χ0v) is 9.91. The molecular weight excluding hydrogens is 251 g/mol. The first-order chi connectivity index (χ1) is 9.10. The second-order valence-electron chi connectivity index (χ2n) is 3.79. The Morgan fingerprint density at radius 3 is 3.00 bits per heavy atom. The Labute approximate surface area is 108 Å². The van der Waals surface area contributed by atoms with E-state index in [1.807, 2.05) is 0 Å². The van der Waals surface area contributed by atoms with Crippen LogP contribution in [0.5, 0.6) is 0 Å². The minimum atomic E-state index is -0.852. The number of nitro groups is 1. The lowest BCUT2D eigenvalue weighted by atomic mass is 10.2. The molecule has 0 aliphatic rings. The van der Waals surface area contributed by atoms with Crippen LogP contribution in [-0.2, 0) is 6.54 Å². The van der Waals surface area contributed by atoms with Gasteiger partial charge in [-0.15, -0.1) is 0 Å². The molecule has 0 aliphatic heterocycles. The highest BCUT2D eigenvalue weighted by molar-refractivity contribution is 5.51. The Kier molecular flexibility index (Phi) is 3.56. The normalized spacial score (nSPS) is 10.2. The molecule has 0 atom stereocenters. The van der Waals surface area contributed by atoms with E-state index in [-0.39, 0.29) is 0 Å². The molecule has 2 rings (SSSR count). The summed E-state index contributed by atoms with van der Waals surface area (Å²) in [6, 6.07) is 3.67. The van der Waals surface area contributed by atoms with E-state index in [1.165, 1.54) is 6.07 Å². The summed E-state index contributed by atoms with van der Waals surface area (Å²) in [6.07, 6.45) is 4.96. The largest absolute Gasteiger partial charge is 0.381 e. The Hall–Kier alpha value is -2.70. The van der Waals surface area contributed by atoms with Gasteiger partial charge in [-0.1, -0.05) is 6.58 Å². The van der Waals surface area contributed by atoms with Crippen molar-refractivity contribution >= 4 is 17.6 Å². The zero-order chi connectivity index (χ0) is 13.8. The van der Waals surface area contributed by atoms with Gasteiger partial charge in [-0.3, -0.25) is 10.1 Å². The standard InChI is InChI=1S/C12H11FN4O2/c1-2-16-8-9(7-15-16)6-14-10-3-4-11(13)12(5-10)17(18)19/h2-5,7-8,14H,1,6H2. The summed E-state index contributed by atoms with van der Waals surface area (Å²) in [4.78, 5) is 9.85. The lowest BCUT2D eigenvalue weighted by Gasteiger charge is -2.04. The van der Waals surface area contributed by atoms with Gasteiger partial charge in [0, 0.05) is 36.3 Å². The quantitative estimate of drug-likeness (QED) is 0.664. The van der Waals surface area contributed by atoms with E-state index in [9.17, 15) is 14.5 Å². The molecule has 0 radical (unpaired) electrons. The Morgan fingerprint density at radius 1 is 1.58 bits per heavy atom. The fourth-order valence-corrected chi connectivity index (χ4v) is 1.54. The van der Waals surface area contributed by atoms with Crippen molar-refractivity contribution in [3.63, 3.8) is 0 Å². The lowest BCUT2D eigenvalue weighted by molar-refractivity contribution is -0.387. The molecule has 7 heteroatoms. The minimum Gasteiger partial charge on any atom is -0.381 e. The van der Waals surface area contributed by atoms with E-state index in [0.717, 1.165) is 17.7 Å². The Balaban J connectivity index is 2.09. The molecule has 1 aromatic carbocycles. The number of hydrogen-bond donors (Lipinski definition) is 1. The van der Waals surface area contributed by atoms with Crippen molar-refractivity contribution in [2.45, 2.75) is 6.54 Å². The van der Waals surface area contributed by atoms with E-state index in [0.29, 0.717) is 12.2 Å². The number of hydrogen-bond acceptors (Lipinski definition) is 4. The van der Waals surface area contributed by atoms with Crippen molar-refractivity contribution in [3.05, 3.63) is 58.7 Å². The van der Waals surface area contributed by atoms with Crippen LogP contribution in [-0.4, -0.2) is 14.7 Å². The molecule has 0 saturated heterocycles. The monoisotopic (exact) mass is 262 g/mol. The van der Waals surface area contributed by atoms with Crippen LogP contribution < -0.4 is 5.32 Å². The van der Waals surface area contributed by atoms with Crippen molar-refractivity contribution in [2.75, 3.05) is 5.32 Å². The molecule has 1 aromatic heterocycles. The van der Waals surface area contributed by atoms with Crippen molar-refractivity contribution in [1.29, 1.82) is 0 Å². The van der Waals surface area contributed by atoms with Crippen LogP contribution in [0.1, 0.15) is 5.56 Å². The first-order valence-electron chi connectivity index (χ1n) is 5.43. The highest BCUT2D eigenvalue weighted by atomic mass is 19.1. The summed E-state index contributed by atoms with van der Waals surface area (Å²) >= 11 is 0. The van der Waals surface area contributed by atoms with E-state index in [2.05, 4.69) is 17.0 Å². The molecular formula is C12H11FN4O2. The highest BCUT2D eigenvalue weighted by Gasteiger charge is 2.14. The van der Waals surface area contributed by atoms with Gasteiger partial charge >= 0.3 is 5.69 Å². The number of nitro benzene ring substituents is 1. The minimum absolute atomic E-state index is 0.427. The molecule has 2 aromatic rings. The molecule has 19 heavy (non-hydrogen) atoms. The number of nitrogens with zero attached hydrogens (tertiary/aromatic N) is 3. The summed E-state index contributed by atoms with van der Waals surface area (Å²) in [5.74, 6) is -0.852. The topological polar surface area (TPSA) is 73.0 Å². The molecule has 0 spiro atoms. The number of halogens is 1. The molecule has 1 N–H and O–H groups in total. The van der Waals surface area contributed by atoms with Crippen LogP contribution in [0.3, 0.4) is 0 Å². The maximum atomic E-state index is 13.1. The summed E-state index contributed by atoms with van der Waals surface area (Å²) < 4.78 is 14.7. The molecule has 0 amide bonds. The third-order valence-corrected chi connectivity index (χ3v) is 2.48. The maximum Gasteiger partial charge on any atom is 0.306 e. The van der Waals surface area contributed by atoms with E-state index < -0.39 is 16.4 Å². The number of rotatable bonds is 5. The predicted molar refractivity (Wildman–Crippen MR) is 69.0 cm³/mol. The van der Waals surface area contributed by atoms with Crippen LogP contribution in [0.25, 0.3) is 6.20 Å². The van der Waals surface area contributed by atoms with Gasteiger partial charge in [0.1, 0.15) is 0 Å². The molecule has 98 valence electrons. The molecule has 0 unspecified atom stereocenters. The van der Waals surface area contributed by atoms with Crippen LogP contribution in [0.2, 0.25) is 0 Å². The average Bonchev–Trinajstić information content (AvgIpc) is 2.85. The average molecular weight is 262 g/mol. The molecule has 1 heterocycles. The molecule has 6 nitrogen and oxygen atoms in total. The molecule has 0 saturated carbocycles. The molecule has 0 bridgehead atoms. The van der Waals surface area contributed by atoms with Gasteiger partial charge in [0.2, 0.25) is 5.82 Å². The van der Waals surface area contributed by atoms with Crippen LogP contribution >= 0.6 is 0 Å². The summed E-state index contributed by atoms with van der Waals surface area (Å²) in [7, 11) is 0. The number of benzene rings is 1. The number of aromatic nitrogens is 2. The molecule has 0 fully saturated rings. The fourth-order valence-electron chi connectivity index (χ4n) is 1.54. The second-order valence-corrected chi connectivity index (χ2v) is 3.79. The van der Waals surface area contributed by atoms with Gasteiger partial charge in [0.25, 0.3) is 0 Å². The third-order valence-electron chi connectivity index (χ3n) is 2.48. The Morgan fingerprint density at radius 2 is 2.37 bits per heavy atom. The van der Waals surface area contributed by atoms with Gasteiger partial charge in [0.05, 0.1) is 11.1 Å². The summed E-state index contributed by atoms with van der Waals surface area (Å²) in [5, 5.41) is 17.6. The van der Waals surface area contributed by atoms with Gasteiger partial charge in [-0.05, 0) is 12.1 Å². The predicted octanol–water partition coefficient (Wildman–Crippen LogP) is 2.64. The summed E-state index contributed by atoms with van der Waals surface area (Å²) in [5.41, 5.74) is 0.804. The maximum absolute atomic E-state index is 13.1. The van der Waals surface area contributed by atoms with Crippen molar-refractivity contribution < 1.29 is 9.31 Å². The van der Waals surface area contributed by atoms with Crippen LogP contribution in [0.15, 0.2) is 37.2 Å². The molecule has 0 aliphatic carbocycles. The van der Waals surface area contributed by atoms with Crippen molar-refractivity contribution in [1.82, 2.24) is 9.78 Å². The van der Waals surface area contributed by atoms with Crippen molar-refractivity contribution in [2.24, 2.45) is 0 Å². The second kappa shape index (κ2) is 5.30. The van der Waals surface area contributed by atoms with Crippen LogP contribution in [0.4, 0.5) is 15.8 Å². The van der Waals surface area contributed by atoms with E-state index >= 15 is 0 Å². The Bertz CT molecular complexity index is 624. The fraction of sp³-hybridized carbons (Fsp3) is 0.0833. The van der Waals surface area contributed by atoms with Crippen LogP contribution in [0, 0.1) is 15.9 Å². The third kappa shape index (κ3) is 2.95. The zero-order valence-electron chi connectivity index (χ0n) is 9.91. The number of anilines is 1. The SMILES string of the molecule is C=Cn1cc(CNc2ccc(F)c([N+](=O)[O-])c2)cn1. The highest BCUT2D eigenvalue weighted by Crippen LogP contribution is 2.21. The lowest BCUT2D eigenvalue weighted by Crippen LogP contribution is -2.00. The van der Waals surface area contributed by atoms with E-state index in [4.69, 9.17) is 0 Å². The van der Waals surface area contributed by atoms with Gasteiger partial charge in [-0.25, -0.2) is 4.68 Å². The van der Waals surface area contributed by atoms with E-state index in [1.54, 1.807) is 23.3 Å².